The van der Waals surface area contributed by atoms with Crippen molar-refractivity contribution in [2.75, 3.05) is 14.2 Å². The summed E-state index contributed by atoms with van der Waals surface area (Å²) in [5.41, 5.74) is 4.48. The molecule has 1 unspecified atom stereocenters. The lowest BCUT2D eigenvalue weighted by molar-refractivity contribution is 0.243. The highest BCUT2D eigenvalue weighted by Crippen LogP contribution is 2.45. The summed E-state index contributed by atoms with van der Waals surface area (Å²) in [7, 11) is 3.36. The first-order valence-corrected chi connectivity index (χ1v) is 7.88. The van der Waals surface area contributed by atoms with Gasteiger partial charge in [0.15, 0.2) is 0 Å². The van der Waals surface area contributed by atoms with Crippen molar-refractivity contribution in [3.63, 3.8) is 0 Å². The fourth-order valence-corrected chi connectivity index (χ4v) is 3.13. The van der Waals surface area contributed by atoms with E-state index in [1.54, 1.807) is 14.2 Å². The topological polar surface area (TPSA) is 27.7 Å². The van der Waals surface area contributed by atoms with Gasteiger partial charge in [-0.15, -0.1) is 0 Å². The van der Waals surface area contributed by atoms with Crippen LogP contribution in [0.3, 0.4) is 0 Å². The predicted octanol–water partition coefficient (Wildman–Crippen LogP) is 4.85. The van der Waals surface area contributed by atoms with Gasteiger partial charge in [-0.25, -0.2) is 0 Å². The standard InChI is InChI=1S/C21H18O3/c1-22-15-9-7-14(8-10-15)21-18-12-11-16(23-2)13-19(18)17-5-3-4-6-20(17)24-21/h3-13,21H,1-2H3. The van der Waals surface area contributed by atoms with Gasteiger partial charge >= 0.3 is 0 Å². The van der Waals surface area contributed by atoms with Crippen LogP contribution in [0.5, 0.6) is 17.2 Å². The molecule has 0 saturated heterocycles. The molecule has 3 aromatic carbocycles. The third kappa shape index (κ3) is 2.38. The van der Waals surface area contributed by atoms with Gasteiger partial charge in [0.1, 0.15) is 23.4 Å². The lowest BCUT2D eigenvalue weighted by atomic mass is 9.89. The Kier molecular flexibility index (Phi) is 3.62. The van der Waals surface area contributed by atoms with Gasteiger partial charge in [-0.05, 0) is 41.5 Å². The van der Waals surface area contributed by atoms with Crippen molar-refractivity contribution in [1.29, 1.82) is 0 Å². The van der Waals surface area contributed by atoms with Gasteiger partial charge in [0.25, 0.3) is 0 Å². The second kappa shape index (κ2) is 5.93. The lowest BCUT2D eigenvalue weighted by Gasteiger charge is -2.29. The Morgan fingerprint density at radius 3 is 2.21 bits per heavy atom. The second-order valence-electron chi connectivity index (χ2n) is 5.72. The molecular formula is C21H18O3. The van der Waals surface area contributed by atoms with Crippen LogP contribution >= 0.6 is 0 Å². The van der Waals surface area contributed by atoms with Crippen LogP contribution in [-0.2, 0) is 0 Å². The number of ether oxygens (including phenoxy) is 3. The van der Waals surface area contributed by atoms with E-state index in [4.69, 9.17) is 14.2 Å². The summed E-state index contributed by atoms with van der Waals surface area (Å²) in [6.45, 7) is 0. The zero-order valence-corrected chi connectivity index (χ0v) is 13.7. The van der Waals surface area contributed by atoms with Crippen molar-refractivity contribution in [1.82, 2.24) is 0 Å². The SMILES string of the molecule is COc1ccc(C2Oc3ccccc3-c3cc(OC)ccc32)cc1. The molecule has 1 atom stereocenters. The lowest BCUT2D eigenvalue weighted by Crippen LogP contribution is -2.15. The Labute approximate surface area is 141 Å². The first-order chi connectivity index (χ1) is 11.8. The number of rotatable bonds is 3. The van der Waals surface area contributed by atoms with Crippen LogP contribution in [0.15, 0.2) is 66.7 Å². The molecule has 0 spiro atoms. The first kappa shape index (κ1) is 14.6. The largest absolute Gasteiger partial charge is 0.497 e. The Hall–Kier alpha value is -2.94. The van der Waals surface area contributed by atoms with E-state index in [-0.39, 0.29) is 6.10 Å². The summed E-state index contributed by atoms with van der Waals surface area (Å²) < 4.78 is 17.0. The molecule has 24 heavy (non-hydrogen) atoms. The normalized spacial score (nSPS) is 15.0. The molecular weight excluding hydrogens is 300 g/mol. The highest BCUT2D eigenvalue weighted by Gasteiger charge is 2.27. The Morgan fingerprint density at radius 1 is 0.750 bits per heavy atom. The summed E-state index contributed by atoms with van der Waals surface area (Å²) >= 11 is 0. The fourth-order valence-electron chi connectivity index (χ4n) is 3.13. The average Bonchev–Trinajstić information content (AvgIpc) is 2.67. The van der Waals surface area contributed by atoms with Crippen molar-refractivity contribution < 1.29 is 14.2 Å². The molecule has 0 amide bonds. The van der Waals surface area contributed by atoms with Crippen LogP contribution in [0.2, 0.25) is 0 Å². The summed E-state index contributed by atoms with van der Waals surface area (Å²) in [6.07, 6.45) is -0.147. The third-order valence-corrected chi connectivity index (χ3v) is 4.38. The van der Waals surface area contributed by atoms with Crippen molar-refractivity contribution in [2.24, 2.45) is 0 Å². The van der Waals surface area contributed by atoms with Crippen molar-refractivity contribution in [3.05, 3.63) is 77.9 Å². The summed E-state index contributed by atoms with van der Waals surface area (Å²) in [5.74, 6) is 2.57. The third-order valence-electron chi connectivity index (χ3n) is 4.38. The van der Waals surface area contributed by atoms with Crippen molar-refractivity contribution in [2.45, 2.75) is 6.10 Å². The first-order valence-electron chi connectivity index (χ1n) is 7.88. The molecule has 1 heterocycles. The Balaban J connectivity index is 1.86. The Bertz CT molecular complexity index is 869. The molecule has 1 aliphatic heterocycles. The van der Waals surface area contributed by atoms with E-state index < -0.39 is 0 Å². The number of fused-ring (bicyclic) bond motifs is 3. The van der Waals surface area contributed by atoms with Gasteiger partial charge in [-0.3, -0.25) is 0 Å². The summed E-state index contributed by atoms with van der Waals surface area (Å²) in [5, 5.41) is 0. The minimum absolute atomic E-state index is 0.147. The molecule has 1 aliphatic rings. The zero-order chi connectivity index (χ0) is 16.5. The molecule has 3 heteroatoms. The van der Waals surface area contributed by atoms with E-state index in [1.807, 2.05) is 48.5 Å². The number of methoxy groups -OCH3 is 2. The van der Waals surface area contributed by atoms with Crippen LogP contribution in [-0.4, -0.2) is 14.2 Å². The molecule has 0 radical (unpaired) electrons. The maximum absolute atomic E-state index is 6.31. The molecule has 0 bridgehead atoms. The smallest absolute Gasteiger partial charge is 0.149 e. The van der Waals surface area contributed by atoms with Gasteiger partial charge < -0.3 is 14.2 Å². The highest BCUT2D eigenvalue weighted by molar-refractivity contribution is 5.77. The molecule has 3 nitrogen and oxygen atoms in total. The second-order valence-corrected chi connectivity index (χ2v) is 5.72. The minimum atomic E-state index is -0.147. The molecule has 0 aliphatic carbocycles. The van der Waals surface area contributed by atoms with E-state index in [1.165, 1.54) is 0 Å². The van der Waals surface area contributed by atoms with Crippen molar-refractivity contribution in [3.8, 4) is 28.4 Å². The summed E-state index contributed by atoms with van der Waals surface area (Å²) in [4.78, 5) is 0. The maximum Gasteiger partial charge on any atom is 0.149 e. The summed E-state index contributed by atoms with van der Waals surface area (Å²) in [6, 6.07) is 22.3. The molecule has 0 saturated carbocycles. The minimum Gasteiger partial charge on any atom is -0.497 e. The van der Waals surface area contributed by atoms with Gasteiger partial charge in [0, 0.05) is 11.1 Å². The fraction of sp³-hybridized carbons (Fsp3) is 0.143. The number of hydrogen-bond donors (Lipinski definition) is 0. The van der Waals surface area contributed by atoms with Crippen LogP contribution in [0, 0.1) is 0 Å². The average molecular weight is 318 g/mol. The van der Waals surface area contributed by atoms with Crippen LogP contribution < -0.4 is 14.2 Å². The van der Waals surface area contributed by atoms with Crippen LogP contribution in [0.1, 0.15) is 17.2 Å². The van der Waals surface area contributed by atoms with Crippen molar-refractivity contribution >= 4 is 0 Å². The van der Waals surface area contributed by atoms with Gasteiger partial charge in [0.2, 0.25) is 0 Å². The number of benzene rings is 3. The van der Waals surface area contributed by atoms with Gasteiger partial charge in [0.05, 0.1) is 14.2 Å². The molecule has 0 aromatic heterocycles. The molecule has 4 rings (SSSR count). The molecule has 120 valence electrons. The highest BCUT2D eigenvalue weighted by atomic mass is 16.5. The molecule has 0 fully saturated rings. The maximum atomic E-state index is 6.31. The number of hydrogen-bond acceptors (Lipinski definition) is 3. The van der Waals surface area contributed by atoms with E-state index in [9.17, 15) is 0 Å². The zero-order valence-electron chi connectivity index (χ0n) is 13.7. The predicted molar refractivity (Wildman–Crippen MR) is 93.9 cm³/mol. The van der Waals surface area contributed by atoms with Crippen LogP contribution in [0.4, 0.5) is 0 Å². The number of para-hydroxylation sites is 1. The van der Waals surface area contributed by atoms with Gasteiger partial charge in [-0.2, -0.15) is 0 Å². The van der Waals surface area contributed by atoms with E-state index in [0.717, 1.165) is 39.5 Å². The molecule has 3 aromatic rings. The quantitative estimate of drug-likeness (QED) is 0.691. The van der Waals surface area contributed by atoms with E-state index >= 15 is 0 Å². The van der Waals surface area contributed by atoms with Crippen LogP contribution in [0.25, 0.3) is 11.1 Å². The van der Waals surface area contributed by atoms with E-state index in [0.29, 0.717) is 0 Å². The Morgan fingerprint density at radius 2 is 1.46 bits per heavy atom. The monoisotopic (exact) mass is 318 g/mol. The molecule has 0 N–H and O–H groups in total. The van der Waals surface area contributed by atoms with E-state index in [2.05, 4.69) is 18.2 Å². The van der Waals surface area contributed by atoms with Gasteiger partial charge in [-0.1, -0.05) is 36.4 Å².